The lowest BCUT2D eigenvalue weighted by Crippen LogP contribution is -2.34. The number of ether oxygens (including phenoxy) is 3. The predicted molar refractivity (Wildman–Crippen MR) is 114 cm³/mol. The van der Waals surface area contributed by atoms with Gasteiger partial charge in [0.15, 0.2) is 17.1 Å². The Hall–Kier alpha value is -3.82. The van der Waals surface area contributed by atoms with E-state index in [0.29, 0.717) is 22.7 Å². The summed E-state index contributed by atoms with van der Waals surface area (Å²) in [6, 6.07) is 5.83. The highest BCUT2D eigenvalue weighted by Crippen LogP contribution is 2.31. The minimum absolute atomic E-state index is 0.0571. The summed E-state index contributed by atoms with van der Waals surface area (Å²) in [6.07, 6.45) is 1.49. The van der Waals surface area contributed by atoms with E-state index >= 15 is 0 Å². The largest absolute Gasteiger partial charge is 0.493 e. The van der Waals surface area contributed by atoms with Crippen LogP contribution in [0.4, 0.5) is 10.5 Å². The first-order chi connectivity index (χ1) is 14.9. The van der Waals surface area contributed by atoms with Crippen molar-refractivity contribution in [3.63, 3.8) is 0 Å². The van der Waals surface area contributed by atoms with Gasteiger partial charge in [-0.3, -0.25) is 9.48 Å². The Morgan fingerprint density at radius 2 is 1.87 bits per heavy atom. The summed E-state index contributed by atoms with van der Waals surface area (Å²) < 4.78 is 17.0. The minimum atomic E-state index is -0.649. The zero-order valence-corrected chi connectivity index (χ0v) is 18.1. The van der Waals surface area contributed by atoms with Crippen LogP contribution in [0.25, 0.3) is 11.0 Å². The molecular weight excluding hydrogens is 402 g/mol. The number of pyridine rings is 1. The molecule has 2 N–H and O–H groups in total. The maximum atomic E-state index is 12.7. The molecule has 2 aromatic heterocycles. The highest BCUT2D eigenvalue weighted by Gasteiger charge is 2.21. The third-order valence-electron chi connectivity index (χ3n) is 4.83. The Balaban J connectivity index is 1.81. The molecule has 164 valence electrons. The van der Waals surface area contributed by atoms with E-state index in [-0.39, 0.29) is 6.42 Å². The van der Waals surface area contributed by atoms with Crippen molar-refractivity contribution in [2.24, 2.45) is 7.05 Å². The van der Waals surface area contributed by atoms with E-state index in [1.165, 1.54) is 21.3 Å². The fraction of sp³-hybridized carbons (Fsp3) is 0.333. The van der Waals surface area contributed by atoms with Crippen molar-refractivity contribution in [2.45, 2.75) is 19.4 Å². The second kappa shape index (κ2) is 9.33. The van der Waals surface area contributed by atoms with Gasteiger partial charge in [0.25, 0.3) is 0 Å². The van der Waals surface area contributed by atoms with E-state index in [2.05, 4.69) is 20.7 Å². The van der Waals surface area contributed by atoms with Crippen LogP contribution in [0.2, 0.25) is 0 Å². The lowest BCUT2D eigenvalue weighted by Gasteiger charge is -2.20. The van der Waals surface area contributed by atoms with Crippen LogP contribution < -0.4 is 20.1 Å². The Kier molecular flexibility index (Phi) is 6.58. The summed E-state index contributed by atoms with van der Waals surface area (Å²) in [5.41, 5.74) is 2.69. The van der Waals surface area contributed by atoms with Crippen LogP contribution in [0.5, 0.6) is 11.5 Å². The average molecular weight is 427 g/mol. The van der Waals surface area contributed by atoms with E-state index in [9.17, 15) is 9.59 Å². The highest BCUT2D eigenvalue weighted by atomic mass is 16.5. The van der Waals surface area contributed by atoms with Gasteiger partial charge in [-0.25, -0.2) is 9.78 Å². The molecule has 1 aromatic carbocycles. The van der Waals surface area contributed by atoms with Crippen LogP contribution in [0.15, 0.2) is 30.5 Å². The number of aromatic nitrogens is 3. The number of carbonyl (C=O) groups excluding carboxylic acids is 2. The van der Waals surface area contributed by atoms with Crippen LogP contribution >= 0.6 is 0 Å². The van der Waals surface area contributed by atoms with E-state index in [4.69, 9.17) is 14.2 Å². The van der Waals surface area contributed by atoms with Gasteiger partial charge in [-0.05, 0) is 30.7 Å². The number of nitrogens with zero attached hydrogens (tertiary/aromatic N) is 3. The number of fused-ring (bicyclic) bond motifs is 1. The summed E-state index contributed by atoms with van der Waals surface area (Å²) in [5.74, 6) is 0.562. The quantitative estimate of drug-likeness (QED) is 0.557. The number of aryl methyl sites for hydroxylation is 2. The number of carbonyl (C=O) groups is 2. The van der Waals surface area contributed by atoms with Crippen molar-refractivity contribution in [1.29, 1.82) is 0 Å². The summed E-state index contributed by atoms with van der Waals surface area (Å²) in [7, 11) is 6.15. The number of urea groups is 1. The van der Waals surface area contributed by atoms with Gasteiger partial charge in [0, 0.05) is 12.4 Å². The molecule has 3 rings (SSSR count). The van der Waals surface area contributed by atoms with Crippen molar-refractivity contribution < 1.29 is 23.8 Å². The molecule has 0 aliphatic carbocycles. The van der Waals surface area contributed by atoms with Gasteiger partial charge in [0.2, 0.25) is 0 Å². The maximum absolute atomic E-state index is 12.7. The Morgan fingerprint density at radius 3 is 2.55 bits per heavy atom. The second-order valence-electron chi connectivity index (χ2n) is 6.85. The molecule has 0 bridgehead atoms. The molecule has 0 spiro atoms. The lowest BCUT2D eigenvalue weighted by molar-refractivity contribution is -0.141. The standard InChI is InChI=1S/C21H25N5O5/c1-12-15-9-14(11-22-20(15)26(2)25-12)23-21(28)24-16(10-19(27)31-5)13-6-7-17(29-3)18(8-13)30-4/h6-9,11,16H,10H2,1-5H3,(H2,23,24,28)/t16-/m0/s1. The van der Waals surface area contributed by atoms with Crippen molar-refractivity contribution >= 4 is 28.7 Å². The van der Waals surface area contributed by atoms with E-state index in [0.717, 1.165) is 16.7 Å². The summed E-state index contributed by atoms with van der Waals surface area (Å²) in [4.78, 5) is 29.0. The number of hydrogen-bond acceptors (Lipinski definition) is 7. The number of rotatable bonds is 7. The maximum Gasteiger partial charge on any atom is 0.319 e. The van der Waals surface area contributed by atoms with Gasteiger partial charge in [-0.1, -0.05) is 6.07 Å². The lowest BCUT2D eigenvalue weighted by atomic mass is 10.0. The Morgan fingerprint density at radius 1 is 1.13 bits per heavy atom. The number of amides is 2. The summed E-state index contributed by atoms with van der Waals surface area (Å²) in [5, 5.41) is 10.7. The van der Waals surface area contributed by atoms with Gasteiger partial charge in [0.05, 0.1) is 51.4 Å². The summed E-state index contributed by atoms with van der Waals surface area (Å²) in [6.45, 7) is 1.87. The molecule has 1 atom stereocenters. The fourth-order valence-corrected chi connectivity index (χ4v) is 3.27. The molecule has 2 amide bonds. The number of benzene rings is 1. The second-order valence-corrected chi connectivity index (χ2v) is 6.85. The molecule has 0 aliphatic heterocycles. The first kappa shape index (κ1) is 21.9. The van der Waals surface area contributed by atoms with Crippen molar-refractivity contribution in [3.05, 3.63) is 41.7 Å². The first-order valence-electron chi connectivity index (χ1n) is 9.51. The third-order valence-corrected chi connectivity index (χ3v) is 4.83. The molecule has 31 heavy (non-hydrogen) atoms. The van der Waals surface area contributed by atoms with Crippen molar-refractivity contribution in [3.8, 4) is 11.5 Å². The normalized spacial score (nSPS) is 11.6. The van der Waals surface area contributed by atoms with E-state index in [1.807, 2.05) is 14.0 Å². The number of esters is 1. The van der Waals surface area contributed by atoms with Crippen LogP contribution in [0, 0.1) is 6.92 Å². The molecule has 0 fully saturated rings. The molecular formula is C21H25N5O5. The zero-order valence-electron chi connectivity index (χ0n) is 18.1. The van der Waals surface area contributed by atoms with E-state index in [1.54, 1.807) is 35.1 Å². The molecule has 0 saturated heterocycles. The highest BCUT2D eigenvalue weighted by molar-refractivity contribution is 5.92. The van der Waals surface area contributed by atoms with Crippen LogP contribution in [-0.4, -0.2) is 48.1 Å². The molecule has 3 aromatic rings. The monoisotopic (exact) mass is 427 g/mol. The molecule has 10 nitrogen and oxygen atoms in total. The Labute approximate surface area is 179 Å². The number of hydrogen-bond donors (Lipinski definition) is 2. The predicted octanol–water partition coefficient (Wildman–Crippen LogP) is 2.72. The Bertz CT molecular complexity index is 1110. The molecule has 2 heterocycles. The van der Waals surface area contributed by atoms with Crippen molar-refractivity contribution in [2.75, 3.05) is 26.6 Å². The third kappa shape index (κ3) is 4.85. The molecule has 0 unspecified atom stereocenters. The minimum Gasteiger partial charge on any atom is -0.493 e. The summed E-state index contributed by atoms with van der Waals surface area (Å²) >= 11 is 0. The number of anilines is 1. The van der Waals surface area contributed by atoms with Gasteiger partial charge in [0.1, 0.15) is 0 Å². The van der Waals surface area contributed by atoms with Gasteiger partial charge >= 0.3 is 12.0 Å². The fourth-order valence-electron chi connectivity index (χ4n) is 3.27. The molecule has 0 aliphatic rings. The van der Waals surface area contributed by atoms with Gasteiger partial charge in [-0.15, -0.1) is 0 Å². The average Bonchev–Trinajstić information content (AvgIpc) is 3.05. The van der Waals surface area contributed by atoms with Crippen LogP contribution in [0.3, 0.4) is 0 Å². The topological polar surface area (TPSA) is 117 Å². The van der Waals surface area contributed by atoms with Crippen LogP contribution in [-0.2, 0) is 16.6 Å². The SMILES string of the molecule is COC(=O)C[C@H](NC(=O)Nc1cnc2c(c1)c(C)nn2C)c1ccc(OC)c(OC)c1. The zero-order chi connectivity index (χ0) is 22.5. The smallest absolute Gasteiger partial charge is 0.319 e. The van der Waals surface area contributed by atoms with Crippen molar-refractivity contribution in [1.82, 2.24) is 20.1 Å². The first-order valence-corrected chi connectivity index (χ1v) is 9.51. The van der Waals surface area contributed by atoms with Gasteiger partial charge in [-0.2, -0.15) is 5.10 Å². The number of nitrogens with one attached hydrogen (secondary N) is 2. The molecule has 0 saturated carbocycles. The number of methoxy groups -OCH3 is 3. The van der Waals surface area contributed by atoms with E-state index < -0.39 is 18.0 Å². The van der Waals surface area contributed by atoms with Gasteiger partial charge < -0.3 is 24.8 Å². The molecule has 0 radical (unpaired) electrons. The van der Waals surface area contributed by atoms with Crippen LogP contribution in [0.1, 0.15) is 23.7 Å². The molecule has 10 heteroatoms.